The lowest BCUT2D eigenvalue weighted by atomic mass is 10.1. The third-order valence-corrected chi connectivity index (χ3v) is 5.77. The van der Waals surface area contributed by atoms with Gasteiger partial charge in [0.15, 0.2) is 5.69 Å². The molecule has 4 rings (SSSR count). The Morgan fingerprint density at radius 3 is 2.52 bits per heavy atom. The molecule has 0 saturated carbocycles. The van der Waals surface area contributed by atoms with Crippen LogP contribution in [0.1, 0.15) is 17.2 Å². The summed E-state index contributed by atoms with van der Waals surface area (Å²) in [6.07, 6.45) is -4.47. The maximum absolute atomic E-state index is 13.2. The Hall–Kier alpha value is -2.48. The first-order valence-corrected chi connectivity index (χ1v) is 9.50. The van der Waals surface area contributed by atoms with E-state index in [0.29, 0.717) is 11.2 Å². The van der Waals surface area contributed by atoms with E-state index in [9.17, 15) is 18.3 Å². The van der Waals surface area contributed by atoms with Crippen LogP contribution in [0.15, 0.2) is 52.7 Å². The molecule has 2 aromatic carbocycles. The summed E-state index contributed by atoms with van der Waals surface area (Å²) in [7, 11) is 0. The first kappa shape index (κ1) is 17.9. The Morgan fingerprint density at radius 2 is 1.89 bits per heavy atom. The SMILES string of the molecule is Cc1cccc(N=Nc2c(O)n(C3CSC3)c3ccc(C(F)(F)F)cc23)c1. The van der Waals surface area contributed by atoms with Gasteiger partial charge in [-0.1, -0.05) is 12.1 Å². The second kappa shape index (κ2) is 6.60. The average Bonchev–Trinajstić information content (AvgIpc) is 2.83. The molecule has 0 aliphatic carbocycles. The molecule has 2 heterocycles. The summed E-state index contributed by atoms with van der Waals surface area (Å²) in [5.41, 5.74) is 1.38. The number of hydrogen-bond acceptors (Lipinski definition) is 4. The first-order valence-electron chi connectivity index (χ1n) is 8.35. The number of azo groups is 1. The fourth-order valence-corrected chi connectivity index (χ4v) is 3.84. The molecule has 0 bridgehead atoms. The van der Waals surface area contributed by atoms with Crippen molar-refractivity contribution < 1.29 is 18.3 Å². The van der Waals surface area contributed by atoms with E-state index in [1.165, 1.54) is 6.07 Å². The van der Waals surface area contributed by atoms with Crippen LogP contribution < -0.4 is 0 Å². The molecule has 1 N–H and O–H groups in total. The fourth-order valence-electron chi connectivity index (χ4n) is 3.10. The molecule has 27 heavy (non-hydrogen) atoms. The molecule has 3 aromatic rings. The number of rotatable bonds is 3. The van der Waals surface area contributed by atoms with Crippen LogP contribution in [-0.4, -0.2) is 21.2 Å². The first-order chi connectivity index (χ1) is 12.8. The van der Waals surface area contributed by atoms with Crippen molar-refractivity contribution in [1.82, 2.24) is 4.57 Å². The van der Waals surface area contributed by atoms with Crippen LogP contribution in [0.2, 0.25) is 0 Å². The number of halogens is 3. The third-order valence-electron chi connectivity index (χ3n) is 4.53. The van der Waals surface area contributed by atoms with E-state index < -0.39 is 11.7 Å². The van der Waals surface area contributed by atoms with Crippen molar-refractivity contribution >= 4 is 34.0 Å². The van der Waals surface area contributed by atoms with Gasteiger partial charge in [-0.3, -0.25) is 0 Å². The Labute approximate surface area is 157 Å². The van der Waals surface area contributed by atoms with Gasteiger partial charge < -0.3 is 9.67 Å². The van der Waals surface area contributed by atoms with Crippen molar-refractivity contribution in [2.45, 2.75) is 19.1 Å². The van der Waals surface area contributed by atoms with Crippen molar-refractivity contribution in [2.75, 3.05) is 11.5 Å². The predicted octanol–water partition coefficient (Wildman–Crippen LogP) is 6.38. The average molecular weight is 391 g/mol. The van der Waals surface area contributed by atoms with Crippen LogP contribution in [0.4, 0.5) is 24.5 Å². The molecule has 8 heteroatoms. The topological polar surface area (TPSA) is 49.9 Å². The van der Waals surface area contributed by atoms with Crippen LogP contribution >= 0.6 is 11.8 Å². The number of fused-ring (bicyclic) bond motifs is 1. The molecule has 1 aromatic heterocycles. The minimum Gasteiger partial charge on any atom is -0.493 e. The lowest BCUT2D eigenvalue weighted by Crippen LogP contribution is -2.22. The summed E-state index contributed by atoms with van der Waals surface area (Å²) in [5.74, 6) is 1.45. The Morgan fingerprint density at radius 1 is 1.11 bits per heavy atom. The van der Waals surface area contributed by atoms with Gasteiger partial charge in [0, 0.05) is 16.9 Å². The summed E-state index contributed by atoms with van der Waals surface area (Å²) >= 11 is 1.72. The van der Waals surface area contributed by atoms with Crippen LogP contribution in [0.25, 0.3) is 10.9 Å². The number of alkyl halides is 3. The second-order valence-electron chi connectivity index (χ2n) is 6.50. The zero-order chi connectivity index (χ0) is 19.2. The number of aromatic hydroxyl groups is 1. The highest BCUT2D eigenvalue weighted by molar-refractivity contribution is 8.00. The van der Waals surface area contributed by atoms with Gasteiger partial charge in [-0.15, -0.1) is 5.11 Å². The standard InChI is InChI=1S/C19H16F3N3OS/c1-11-3-2-4-13(7-11)23-24-17-15-8-12(19(20,21)22)5-6-16(15)25(18(17)26)14-9-27-10-14/h2-8,14,26H,9-10H2,1H3. The lowest BCUT2D eigenvalue weighted by molar-refractivity contribution is -0.137. The molecule has 0 unspecified atom stereocenters. The Kier molecular flexibility index (Phi) is 4.38. The van der Waals surface area contributed by atoms with Gasteiger partial charge in [-0.2, -0.15) is 30.0 Å². The van der Waals surface area contributed by atoms with E-state index in [0.717, 1.165) is 29.2 Å². The molecular weight excluding hydrogens is 375 g/mol. The highest BCUT2D eigenvalue weighted by Gasteiger charge is 2.33. The number of thioether (sulfide) groups is 1. The normalized spacial score (nSPS) is 15.6. The maximum atomic E-state index is 13.2. The van der Waals surface area contributed by atoms with Gasteiger partial charge in [0.05, 0.1) is 22.8 Å². The molecule has 1 aliphatic heterocycles. The summed E-state index contributed by atoms with van der Waals surface area (Å²) in [5, 5.41) is 19.2. The van der Waals surface area contributed by atoms with Gasteiger partial charge in [0.1, 0.15) is 0 Å². The fraction of sp³-hybridized carbons (Fsp3) is 0.263. The molecule has 1 saturated heterocycles. The van der Waals surface area contributed by atoms with Gasteiger partial charge in [-0.25, -0.2) is 0 Å². The summed E-state index contributed by atoms with van der Waals surface area (Å²) in [4.78, 5) is 0. The highest BCUT2D eigenvalue weighted by atomic mass is 32.2. The van der Waals surface area contributed by atoms with E-state index >= 15 is 0 Å². The molecular formula is C19H16F3N3OS. The molecule has 4 nitrogen and oxygen atoms in total. The second-order valence-corrected chi connectivity index (χ2v) is 7.58. The Bertz CT molecular complexity index is 1040. The van der Waals surface area contributed by atoms with Crippen LogP contribution in [0, 0.1) is 6.92 Å². The third kappa shape index (κ3) is 3.29. The molecule has 0 amide bonds. The number of hydrogen-bond donors (Lipinski definition) is 1. The highest BCUT2D eigenvalue weighted by Crippen LogP contribution is 2.46. The van der Waals surface area contributed by atoms with Crippen molar-refractivity contribution in [3.05, 3.63) is 53.6 Å². The van der Waals surface area contributed by atoms with E-state index in [4.69, 9.17) is 0 Å². The zero-order valence-corrected chi connectivity index (χ0v) is 15.2. The van der Waals surface area contributed by atoms with E-state index in [-0.39, 0.29) is 23.0 Å². The van der Waals surface area contributed by atoms with Crippen LogP contribution in [0.3, 0.4) is 0 Å². The molecule has 0 radical (unpaired) electrons. The van der Waals surface area contributed by atoms with Gasteiger partial charge in [-0.05, 0) is 42.8 Å². The van der Waals surface area contributed by atoms with E-state index in [1.807, 2.05) is 25.1 Å². The number of benzene rings is 2. The van der Waals surface area contributed by atoms with Crippen molar-refractivity contribution in [3.63, 3.8) is 0 Å². The smallest absolute Gasteiger partial charge is 0.416 e. The largest absolute Gasteiger partial charge is 0.493 e. The zero-order valence-electron chi connectivity index (χ0n) is 14.4. The number of aromatic nitrogens is 1. The number of aryl methyl sites for hydroxylation is 1. The van der Waals surface area contributed by atoms with Gasteiger partial charge in [0.25, 0.3) is 0 Å². The van der Waals surface area contributed by atoms with Crippen molar-refractivity contribution in [3.8, 4) is 5.88 Å². The van der Waals surface area contributed by atoms with Crippen molar-refractivity contribution in [1.29, 1.82) is 0 Å². The molecule has 140 valence electrons. The molecule has 1 aliphatic rings. The van der Waals surface area contributed by atoms with E-state index in [1.54, 1.807) is 22.4 Å². The van der Waals surface area contributed by atoms with E-state index in [2.05, 4.69) is 10.2 Å². The van der Waals surface area contributed by atoms with Crippen LogP contribution in [-0.2, 0) is 6.18 Å². The maximum Gasteiger partial charge on any atom is 0.416 e. The van der Waals surface area contributed by atoms with Crippen LogP contribution in [0.5, 0.6) is 5.88 Å². The minimum absolute atomic E-state index is 0.0390. The molecule has 1 fully saturated rings. The Balaban J connectivity index is 1.87. The monoisotopic (exact) mass is 391 g/mol. The predicted molar refractivity (Wildman–Crippen MR) is 100 cm³/mol. The summed E-state index contributed by atoms with van der Waals surface area (Å²) in [6, 6.07) is 10.8. The lowest BCUT2D eigenvalue weighted by Gasteiger charge is -2.27. The summed E-state index contributed by atoms with van der Waals surface area (Å²) in [6.45, 7) is 1.91. The minimum atomic E-state index is -4.47. The van der Waals surface area contributed by atoms with Gasteiger partial charge >= 0.3 is 6.18 Å². The summed E-state index contributed by atoms with van der Waals surface area (Å²) < 4.78 is 41.1. The van der Waals surface area contributed by atoms with Gasteiger partial charge in [0.2, 0.25) is 5.88 Å². The van der Waals surface area contributed by atoms with Crippen molar-refractivity contribution in [2.24, 2.45) is 10.2 Å². The molecule has 0 spiro atoms. The quantitative estimate of drug-likeness (QED) is 0.527. The molecule has 0 atom stereocenters. The number of nitrogens with zero attached hydrogens (tertiary/aromatic N) is 3.